The van der Waals surface area contributed by atoms with Crippen LogP contribution in [0.25, 0.3) is 0 Å². The van der Waals surface area contributed by atoms with Gasteiger partial charge in [-0.15, -0.1) is 0 Å². The molecule has 1 fully saturated rings. The predicted molar refractivity (Wildman–Crippen MR) is 76.8 cm³/mol. The Bertz CT molecular complexity index is 467. The quantitative estimate of drug-likeness (QED) is 0.922. The summed E-state index contributed by atoms with van der Waals surface area (Å²) in [5.41, 5.74) is 0.875. The molecule has 2 rings (SSSR count). The number of benzene rings is 1. The van der Waals surface area contributed by atoms with E-state index in [0.29, 0.717) is 32.5 Å². The molecule has 1 N–H and O–H groups in total. The van der Waals surface area contributed by atoms with E-state index in [2.05, 4.69) is 0 Å². The zero-order valence-electron chi connectivity index (χ0n) is 11.7. The van der Waals surface area contributed by atoms with Crippen LogP contribution in [0.5, 0.6) is 0 Å². The number of carbonyl (C=O) groups excluding carboxylic acids is 1. The minimum Gasteiger partial charge on any atom is -0.481 e. The molecule has 0 atom stereocenters. The van der Waals surface area contributed by atoms with Gasteiger partial charge in [-0.1, -0.05) is 18.2 Å². The van der Waals surface area contributed by atoms with E-state index in [1.54, 1.807) is 9.80 Å². The van der Waals surface area contributed by atoms with Crippen LogP contribution in [0.15, 0.2) is 30.3 Å². The molecule has 0 unspecified atom stereocenters. The SMILES string of the molecule is CCN(C(=O)N1CCC(C(=O)O)CC1)c1ccccc1. The van der Waals surface area contributed by atoms with Gasteiger partial charge in [0, 0.05) is 25.3 Å². The third-order valence-corrected chi connectivity index (χ3v) is 3.73. The maximum Gasteiger partial charge on any atom is 0.324 e. The molecule has 5 nitrogen and oxygen atoms in total. The van der Waals surface area contributed by atoms with E-state index < -0.39 is 5.97 Å². The van der Waals surface area contributed by atoms with Crippen molar-refractivity contribution in [2.75, 3.05) is 24.5 Å². The van der Waals surface area contributed by atoms with Gasteiger partial charge in [0.1, 0.15) is 0 Å². The molecule has 20 heavy (non-hydrogen) atoms. The van der Waals surface area contributed by atoms with E-state index in [9.17, 15) is 9.59 Å². The average Bonchev–Trinajstić information content (AvgIpc) is 2.49. The molecule has 0 radical (unpaired) electrons. The van der Waals surface area contributed by atoms with Crippen molar-refractivity contribution < 1.29 is 14.7 Å². The van der Waals surface area contributed by atoms with Crippen LogP contribution in [0.3, 0.4) is 0 Å². The Morgan fingerprint density at radius 1 is 1.25 bits per heavy atom. The van der Waals surface area contributed by atoms with E-state index in [1.165, 1.54) is 0 Å². The number of carboxylic acids is 1. The van der Waals surface area contributed by atoms with Crippen LogP contribution in [0.1, 0.15) is 19.8 Å². The molecule has 0 aromatic heterocycles. The molecule has 2 amide bonds. The maximum atomic E-state index is 12.5. The summed E-state index contributed by atoms with van der Waals surface area (Å²) in [5, 5.41) is 8.98. The highest BCUT2D eigenvalue weighted by Gasteiger charge is 2.29. The lowest BCUT2D eigenvalue weighted by Crippen LogP contribution is -2.47. The summed E-state index contributed by atoms with van der Waals surface area (Å²) in [5.74, 6) is -1.07. The van der Waals surface area contributed by atoms with Crippen LogP contribution in [0.4, 0.5) is 10.5 Å². The molecule has 1 aliphatic heterocycles. The number of likely N-dealkylation sites (tertiary alicyclic amines) is 1. The highest BCUT2D eigenvalue weighted by molar-refractivity contribution is 5.92. The van der Waals surface area contributed by atoms with Gasteiger partial charge in [-0.25, -0.2) is 4.79 Å². The first-order valence-corrected chi connectivity index (χ1v) is 6.97. The van der Waals surface area contributed by atoms with Gasteiger partial charge in [-0.3, -0.25) is 9.69 Å². The molecule has 108 valence electrons. The summed E-state index contributed by atoms with van der Waals surface area (Å²) >= 11 is 0. The van der Waals surface area contributed by atoms with Gasteiger partial charge in [-0.2, -0.15) is 0 Å². The second-order valence-electron chi connectivity index (χ2n) is 4.96. The summed E-state index contributed by atoms with van der Waals surface area (Å²) in [6.45, 7) is 3.56. The number of urea groups is 1. The van der Waals surface area contributed by atoms with Gasteiger partial charge in [0.05, 0.1) is 5.92 Å². The largest absolute Gasteiger partial charge is 0.481 e. The molecule has 0 bridgehead atoms. The molecule has 1 aliphatic rings. The molecule has 1 aromatic rings. The monoisotopic (exact) mass is 276 g/mol. The highest BCUT2D eigenvalue weighted by Crippen LogP contribution is 2.21. The van der Waals surface area contributed by atoms with Crippen LogP contribution in [-0.4, -0.2) is 41.6 Å². The number of amides is 2. The first-order chi connectivity index (χ1) is 9.63. The van der Waals surface area contributed by atoms with Crippen molar-refractivity contribution in [3.05, 3.63) is 30.3 Å². The van der Waals surface area contributed by atoms with Crippen LogP contribution in [-0.2, 0) is 4.79 Å². The lowest BCUT2D eigenvalue weighted by atomic mass is 9.97. The number of nitrogens with zero attached hydrogens (tertiary/aromatic N) is 2. The van der Waals surface area contributed by atoms with Gasteiger partial charge < -0.3 is 10.0 Å². The van der Waals surface area contributed by atoms with E-state index in [4.69, 9.17) is 5.11 Å². The minimum absolute atomic E-state index is 0.0393. The zero-order valence-corrected chi connectivity index (χ0v) is 11.7. The number of hydrogen-bond donors (Lipinski definition) is 1. The lowest BCUT2D eigenvalue weighted by Gasteiger charge is -2.34. The van der Waals surface area contributed by atoms with Crippen LogP contribution < -0.4 is 4.90 Å². The van der Waals surface area contributed by atoms with Gasteiger partial charge in [0.25, 0.3) is 0 Å². The topological polar surface area (TPSA) is 60.9 Å². The van der Waals surface area contributed by atoms with Crippen molar-refractivity contribution in [2.45, 2.75) is 19.8 Å². The number of carboxylic acid groups (broad SMARTS) is 1. The normalized spacial score (nSPS) is 15.9. The third kappa shape index (κ3) is 3.10. The summed E-state index contributed by atoms with van der Waals surface area (Å²) < 4.78 is 0. The van der Waals surface area contributed by atoms with E-state index >= 15 is 0 Å². The van der Waals surface area contributed by atoms with Crippen LogP contribution in [0.2, 0.25) is 0 Å². The second-order valence-corrected chi connectivity index (χ2v) is 4.96. The predicted octanol–water partition coefficient (Wildman–Crippen LogP) is 2.43. The number of anilines is 1. The van der Waals surface area contributed by atoms with E-state index in [-0.39, 0.29) is 11.9 Å². The maximum absolute atomic E-state index is 12.5. The molecule has 1 saturated heterocycles. The summed E-state index contributed by atoms with van der Waals surface area (Å²) in [7, 11) is 0. The Labute approximate surface area is 118 Å². The Morgan fingerprint density at radius 3 is 2.35 bits per heavy atom. The average molecular weight is 276 g/mol. The number of aliphatic carboxylic acids is 1. The van der Waals surface area contributed by atoms with Crippen molar-refractivity contribution in [3.8, 4) is 0 Å². The molecule has 0 aliphatic carbocycles. The fourth-order valence-electron chi connectivity index (χ4n) is 2.52. The minimum atomic E-state index is -0.757. The number of hydrogen-bond acceptors (Lipinski definition) is 2. The van der Waals surface area contributed by atoms with Gasteiger partial charge in [0.15, 0.2) is 0 Å². The molecule has 0 spiro atoms. The number of carbonyl (C=O) groups is 2. The summed E-state index contributed by atoms with van der Waals surface area (Å²) in [4.78, 5) is 26.9. The van der Waals surface area contributed by atoms with Crippen molar-refractivity contribution in [2.24, 2.45) is 5.92 Å². The first-order valence-electron chi connectivity index (χ1n) is 6.97. The van der Waals surface area contributed by atoms with Gasteiger partial charge >= 0.3 is 12.0 Å². The Hall–Kier alpha value is -2.04. The zero-order chi connectivity index (χ0) is 14.5. The molecular formula is C15H20N2O3. The Morgan fingerprint density at radius 2 is 1.85 bits per heavy atom. The first kappa shape index (κ1) is 14.4. The molecule has 1 aromatic carbocycles. The Balaban J connectivity index is 2.02. The highest BCUT2D eigenvalue weighted by atomic mass is 16.4. The van der Waals surface area contributed by atoms with E-state index in [0.717, 1.165) is 5.69 Å². The van der Waals surface area contributed by atoms with Crippen molar-refractivity contribution >= 4 is 17.7 Å². The van der Waals surface area contributed by atoms with E-state index in [1.807, 2.05) is 37.3 Å². The lowest BCUT2D eigenvalue weighted by molar-refractivity contribution is -0.143. The van der Waals surface area contributed by atoms with Crippen molar-refractivity contribution in [1.29, 1.82) is 0 Å². The Kier molecular flexibility index (Phi) is 4.61. The van der Waals surface area contributed by atoms with Gasteiger partial charge in [-0.05, 0) is 31.9 Å². The molecule has 1 heterocycles. The number of piperidine rings is 1. The summed E-state index contributed by atoms with van der Waals surface area (Å²) in [6, 6.07) is 9.50. The molecule has 5 heteroatoms. The molecule has 0 saturated carbocycles. The molecular weight excluding hydrogens is 256 g/mol. The second kappa shape index (κ2) is 6.41. The third-order valence-electron chi connectivity index (χ3n) is 3.73. The van der Waals surface area contributed by atoms with Crippen molar-refractivity contribution in [1.82, 2.24) is 4.90 Å². The van der Waals surface area contributed by atoms with Crippen molar-refractivity contribution in [3.63, 3.8) is 0 Å². The fraction of sp³-hybridized carbons (Fsp3) is 0.467. The van der Waals surface area contributed by atoms with Gasteiger partial charge in [0.2, 0.25) is 0 Å². The fourth-order valence-corrected chi connectivity index (χ4v) is 2.52. The van der Waals surface area contributed by atoms with Crippen LogP contribution >= 0.6 is 0 Å². The smallest absolute Gasteiger partial charge is 0.324 e. The standard InChI is InChI=1S/C15H20N2O3/c1-2-17(13-6-4-3-5-7-13)15(20)16-10-8-12(9-11-16)14(18)19/h3-7,12H,2,8-11H2,1H3,(H,18,19). The number of rotatable bonds is 3. The number of para-hydroxylation sites is 1. The van der Waals surface area contributed by atoms with Crippen LogP contribution in [0, 0.1) is 5.92 Å². The summed E-state index contributed by atoms with van der Waals surface area (Å²) in [6.07, 6.45) is 1.07.